The SMILES string of the molecule is CC[C@@H]1/C(=C(/C)C[C@]2(C)O[C@@H]3C[C@H](C)CN[C@H]3[C@H]2C)C[C@H]2[C@H]1CC[C@H]1CC(=O)CC[C@@]12C. The Kier molecular flexibility index (Phi) is 5.93. The second kappa shape index (κ2) is 8.22. The van der Waals surface area contributed by atoms with Crippen molar-refractivity contribution < 1.29 is 9.53 Å². The molecule has 3 saturated carbocycles. The molecule has 2 heterocycles. The lowest BCUT2D eigenvalue weighted by Crippen LogP contribution is -2.48. The molecule has 32 heavy (non-hydrogen) atoms. The molecule has 3 nitrogen and oxygen atoms in total. The molecule has 1 N–H and O–H groups in total. The summed E-state index contributed by atoms with van der Waals surface area (Å²) in [5, 5.41) is 3.81. The van der Waals surface area contributed by atoms with Crippen molar-refractivity contribution in [2.75, 3.05) is 6.54 Å². The van der Waals surface area contributed by atoms with Crippen molar-refractivity contribution in [2.45, 2.75) is 117 Å². The highest BCUT2D eigenvalue weighted by molar-refractivity contribution is 5.79. The first-order chi connectivity index (χ1) is 15.2. The Hall–Kier alpha value is -0.670. The van der Waals surface area contributed by atoms with Gasteiger partial charge in [0.1, 0.15) is 5.78 Å². The molecule has 0 bridgehead atoms. The molecule has 5 aliphatic rings. The number of nitrogens with one attached hydrogen (secondary N) is 1. The summed E-state index contributed by atoms with van der Waals surface area (Å²) in [7, 11) is 0. The lowest BCUT2D eigenvalue weighted by Gasteiger charge is -2.52. The van der Waals surface area contributed by atoms with E-state index in [1.807, 2.05) is 0 Å². The fourth-order valence-corrected chi connectivity index (χ4v) is 9.17. The minimum absolute atomic E-state index is 0.0563. The maximum absolute atomic E-state index is 12.2. The van der Waals surface area contributed by atoms with Crippen LogP contribution in [0.1, 0.15) is 99.3 Å². The van der Waals surface area contributed by atoms with Crippen LogP contribution in [0.2, 0.25) is 0 Å². The Morgan fingerprint density at radius 1 is 1.19 bits per heavy atom. The molecule has 0 aromatic heterocycles. The molecule has 180 valence electrons. The van der Waals surface area contributed by atoms with E-state index in [0.717, 1.165) is 50.0 Å². The van der Waals surface area contributed by atoms with Gasteiger partial charge in [-0.25, -0.2) is 0 Å². The summed E-state index contributed by atoms with van der Waals surface area (Å²) in [6.45, 7) is 15.7. The maximum Gasteiger partial charge on any atom is 0.133 e. The van der Waals surface area contributed by atoms with Crippen molar-refractivity contribution in [3.05, 3.63) is 11.1 Å². The van der Waals surface area contributed by atoms with E-state index in [1.165, 1.54) is 32.1 Å². The Balaban J connectivity index is 1.39. The summed E-state index contributed by atoms with van der Waals surface area (Å²) >= 11 is 0. The molecule has 5 rings (SSSR count). The smallest absolute Gasteiger partial charge is 0.133 e. The average Bonchev–Trinajstić information content (AvgIpc) is 3.24. The number of fused-ring (bicyclic) bond motifs is 4. The van der Waals surface area contributed by atoms with Crippen LogP contribution in [0, 0.1) is 40.9 Å². The van der Waals surface area contributed by atoms with Crippen LogP contribution in [0.15, 0.2) is 11.1 Å². The van der Waals surface area contributed by atoms with E-state index >= 15 is 0 Å². The minimum Gasteiger partial charge on any atom is -0.370 e. The van der Waals surface area contributed by atoms with Gasteiger partial charge < -0.3 is 10.1 Å². The molecule has 0 aromatic rings. The van der Waals surface area contributed by atoms with Gasteiger partial charge in [0.05, 0.1) is 11.7 Å². The first-order valence-corrected chi connectivity index (χ1v) is 13.8. The fourth-order valence-electron chi connectivity index (χ4n) is 9.17. The number of rotatable bonds is 3. The number of ether oxygens (including phenoxy) is 1. The van der Waals surface area contributed by atoms with Gasteiger partial charge >= 0.3 is 0 Å². The van der Waals surface area contributed by atoms with Gasteiger partial charge in [-0.3, -0.25) is 4.79 Å². The van der Waals surface area contributed by atoms with Crippen LogP contribution in [0.5, 0.6) is 0 Å². The zero-order valence-corrected chi connectivity index (χ0v) is 21.5. The molecule has 0 amide bonds. The monoisotopic (exact) mass is 441 g/mol. The van der Waals surface area contributed by atoms with E-state index in [1.54, 1.807) is 11.1 Å². The van der Waals surface area contributed by atoms with Crippen LogP contribution in [-0.4, -0.2) is 30.1 Å². The third-order valence-electron chi connectivity index (χ3n) is 11.2. The van der Waals surface area contributed by atoms with Crippen LogP contribution in [0.4, 0.5) is 0 Å². The van der Waals surface area contributed by atoms with Crippen molar-refractivity contribution in [3.63, 3.8) is 0 Å². The lowest BCUT2D eigenvalue weighted by molar-refractivity contribution is -0.129. The maximum atomic E-state index is 12.2. The molecule has 5 fully saturated rings. The van der Waals surface area contributed by atoms with Crippen LogP contribution in [0.25, 0.3) is 0 Å². The number of ketones is 1. The number of Topliss-reactive ketones (excluding diaryl/α,β-unsaturated/α-hetero) is 1. The Labute approximate surface area is 196 Å². The summed E-state index contributed by atoms with van der Waals surface area (Å²) in [5.41, 5.74) is 3.72. The van der Waals surface area contributed by atoms with Crippen molar-refractivity contribution in [3.8, 4) is 0 Å². The molecule has 0 aromatic carbocycles. The lowest BCUT2D eigenvalue weighted by atomic mass is 9.52. The van der Waals surface area contributed by atoms with Gasteiger partial charge in [0.2, 0.25) is 0 Å². The van der Waals surface area contributed by atoms with Crippen molar-refractivity contribution in [2.24, 2.45) is 40.9 Å². The number of piperidine rings is 1. The normalized spacial score (nSPS) is 52.4. The van der Waals surface area contributed by atoms with Gasteiger partial charge in [0.25, 0.3) is 0 Å². The molecular formula is C29H47NO2. The van der Waals surface area contributed by atoms with Gasteiger partial charge in [0, 0.05) is 24.8 Å². The zero-order chi connectivity index (χ0) is 22.8. The van der Waals surface area contributed by atoms with E-state index in [-0.39, 0.29) is 5.60 Å². The molecule has 0 radical (unpaired) electrons. The standard InChI is InChI=1S/C29H47NO2/c1-7-22-23-9-8-20-13-21(31)10-11-28(20,5)25(23)14-24(22)18(3)15-29(6)19(4)27-26(32-29)12-17(2)16-30-27/h17,19-20,22-23,25-27,30H,7-16H2,1-6H3/b24-18-/t17-,19+,20-,22-,23-,25-,26+,27-,28-,29-/m0/s1. The summed E-state index contributed by atoms with van der Waals surface area (Å²) in [6.07, 6.45) is 10.6. The number of hydrogen-bond donors (Lipinski definition) is 1. The number of hydrogen-bond acceptors (Lipinski definition) is 3. The molecule has 2 saturated heterocycles. The van der Waals surface area contributed by atoms with Gasteiger partial charge in [-0.2, -0.15) is 0 Å². The first-order valence-electron chi connectivity index (χ1n) is 13.8. The number of carbonyl (C=O) groups excluding carboxylic acids is 1. The third-order valence-corrected chi connectivity index (χ3v) is 11.2. The number of carbonyl (C=O) groups is 1. The topological polar surface area (TPSA) is 38.3 Å². The first kappa shape index (κ1) is 23.1. The van der Waals surface area contributed by atoms with Crippen LogP contribution in [0.3, 0.4) is 0 Å². The molecule has 0 spiro atoms. The quantitative estimate of drug-likeness (QED) is 0.521. The van der Waals surface area contributed by atoms with E-state index < -0.39 is 0 Å². The zero-order valence-electron chi connectivity index (χ0n) is 21.5. The van der Waals surface area contributed by atoms with E-state index in [2.05, 4.69) is 46.9 Å². The van der Waals surface area contributed by atoms with Crippen LogP contribution in [-0.2, 0) is 9.53 Å². The molecule has 3 aliphatic carbocycles. The second-order valence-electron chi connectivity index (χ2n) is 13.0. The van der Waals surface area contributed by atoms with Crippen LogP contribution >= 0.6 is 0 Å². The molecule has 3 heteroatoms. The summed E-state index contributed by atoms with van der Waals surface area (Å²) < 4.78 is 6.84. The average molecular weight is 442 g/mol. The predicted octanol–water partition coefficient (Wildman–Crippen LogP) is 6.32. The third kappa shape index (κ3) is 3.56. The van der Waals surface area contributed by atoms with Gasteiger partial charge in [-0.1, -0.05) is 38.8 Å². The molecular weight excluding hydrogens is 394 g/mol. The highest BCUT2D eigenvalue weighted by Crippen LogP contribution is 2.63. The summed E-state index contributed by atoms with van der Waals surface area (Å²) in [5.74, 6) is 4.77. The highest BCUT2D eigenvalue weighted by Gasteiger charge is 2.56. The fraction of sp³-hybridized carbons (Fsp3) is 0.897. The largest absolute Gasteiger partial charge is 0.370 e. The number of allylic oxidation sites excluding steroid dienone is 1. The summed E-state index contributed by atoms with van der Waals surface area (Å²) in [4.78, 5) is 12.2. The Bertz CT molecular complexity index is 788. The minimum atomic E-state index is -0.0563. The van der Waals surface area contributed by atoms with Crippen molar-refractivity contribution in [1.82, 2.24) is 5.32 Å². The van der Waals surface area contributed by atoms with Crippen molar-refractivity contribution >= 4 is 5.78 Å². The van der Waals surface area contributed by atoms with Gasteiger partial charge in [-0.15, -0.1) is 0 Å². The summed E-state index contributed by atoms with van der Waals surface area (Å²) in [6, 6.07) is 0.515. The Morgan fingerprint density at radius 3 is 2.72 bits per heavy atom. The van der Waals surface area contributed by atoms with Gasteiger partial charge in [0.15, 0.2) is 0 Å². The highest BCUT2D eigenvalue weighted by atomic mass is 16.5. The van der Waals surface area contributed by atoms with E-state index in [9.17, 15) is 4.79 Å². The van der Waals surface area contributed by atoms with E-state index in [4.69, 9.17) is 4.74 Å². The molecule has 0 unspecified atom stereocenters. The van der Waals surface area contributed by atoms with Crippen LogP contribution < -0.4 is 5.32 Å². The molecule has 10 atom stereocenters. The predicted molar refractivity (Wildman–Crippen MR) is 130 cm³/mol. The van der Waals surface area contributed by atoms with Crippen molar-refractivity contribution in [1.29, 1.82) is 0 Å². The van der Waals surface area contributed by atoms with Gasteiger partial charge in [-0.05, 0) is 100 Å². The second-order valence-corrected chi connectivity index (χ2v) is 13.0. The Morgan fingerprint density at radius 2 is 1.97 bits per heavy atom. The molecule has 2 aliphatic heterocycles. The van der Waals surface area contributed by atoms with E-state index in [0.29, 0.717) is 41.1 Å².